The van der Waals surface area contributed by atoms with Gasteiger partial charge in [-0.1, -0.05) is 55.1 Å². The average molecular weight is 433 g/mol. The summed E-state index contributed by atoms with van der Waals surface area (Å²) in [5.41, 5.74) is 0.242. The highest BCUT2D eigenvalue weighted by molar-refractivity contribution is 6.55. The molecule has 0 bridgehead atoms. The van der Waals surface area contributed by atoms with E-state index in [0.717, 1.165) is 25.3 Å². The second-order valence-electron chi connectivity index (χ2n) is 6.16. The fraction of sp³-hybridized carbons (Fsp3) is 0.333. The Bertz CT molecular complexity index is 783. The highest BCUT2D eigenvalue weighted by Gasteiger charge is 2.35. The Hall–Kier alpha value is -1.85. The van der Waals surface area contributed by atoms with E-state index in [4.69, 9.17) is 32.7 Å². The third-order valence-electron chi connectivity index (χ3n) is 3.96. The van der Waals surface area contributed by atoms with Crippen LogP contribution in [-0.2, 0) is 12.6 Å². The standard InChI is InChI=1S/C21H21Cl2F3O2/c1-2-3-4-5-15-6-8-16(9-7-15)28-17-10-11-19(27-13-12-20(22)23)18(14-17)21(24,25)26/h6-12,14H,2-5,13H2,1H3. The van der Waals surface area contributed by atoms with E-state index in [-0.39, 0.29) is 22.6 Å². The molecule has 0 aliphatic rings. The molecular weight excluding hydrogens is 412 g/mol. The van der Waals surface area contributed by atoms with E-state index in [1.165, 1.54) is 30.2 Å². The summed E-state index contributed by atoms with van der Waals surface area (Å²) in [5, 5.41) is 0. The third kappa shape index (κ3) is 7.28. The fourth-order valence-corrected chi connectivity index (χ4v) is 2.68. The van der Waals surface area contributed by atoms with Gasteiger partial charge >= 0.3 is 6.18 Å². The van der Waals surface area contributed by atoms with Crippen molar-refractivity contribution in [1.82, 2.24) is 0 Å². The Balaban J connectivity index is 2.12. The fourth-order valence-electron chi connectivity index (χ4n) is 2.55. The van der Waals surface area contributed by atoms with Gasteiger partial charge in [0, 0.05) is 0 Å². The zero-order valence-corrected chi connectivity index (χ0v) is 16.9. The molecule has 0 saturated carbocycles. The highest BCUT2D eigenvalue weighted by Crippen LogP contribution is 2.39. The molecule has 2 rings (SSSR count). The van der Waals surface area contributed by atoms with Gasteiger partial charge in [0.25, 0.3) is 0 Å². The molecule has 0 N–H and O–H groups in total. The van der Waals surface area contributed by atoms with Gasteiger partial charge in [-0.25, -0.2) is 0 Å². The minimum atomic E-state index is -4.59. The maximum absolute atomic E-state index is 13.4. The summed E-state index contributed by atoms with van der Waals surface area (Å²) in [6.07, 6.45) is 1.07. The molecule has 0 aromatic heterocycles. The van der Waals surface area contributed by atoms with Gasteiger partial charge in [-0.05, 0) is 54.8 Å². The summed E-state index contributed by atoms with van der Waals surface area (Å²) in [6, 6.07) is 10.9. The van der Waals surface area contributed by atoms with Crippen molar-refractivity contribution >= 4 is 23.2 Å². The summed E-state index contributed by atoms with van der Waals surface area (Å²) in [7, 11) is 0. The molecule has 0 heterocycles. The Morgan fingerprint density at radius 3 is 2.29 bits per heavy atom. The van der Waals surface area contributed by atoms with Gasteiger partial charge in [-0.2, -0.15) is 13.2 Å². The summed E-state index contributed by atoms with van der Waals surface area (Å²) in [4.78, 5) is 0. The SMILES string of the molecule is CCCCCc1ccc(Oc2ccc(OCC=C(Cl)Cl)c(C(F)(F)F)c2)cc1. The maximum atomic E-state index is 13.4. The van der Waals surface area contributed by atoms with Crippen LogP contribution in [0.2, 0.25) is 0 Å². The van der Waals surface area contributed by atoms with E-state index in [1.54, 1.807) is 12.1 Å². The molecule has 152 valence electrons. The Morgan fingerprint density at radius 1 is 1.00 bits per heavy atom. The molecule has 0 atom stereocenters. The Labute approximate surface area is 172 Å². The summed E-state index contributed by atoms with van der Waals surface area (Å²) in [5.74, 6) is 0.221. The van der Waals surface area contributed by atoms with Crippen LogP contribution >= 0.6 is 23.2 Å². The third-order valence-corrected chi connectivity index (χ3v) is 4.27. The minimum Gasteiger partial charge on any atom is -0.489 e. The number of aryl methyl sites for hydroxylation is 1. The van der Waals surface area contributed by atoms with Gasteiger partial charge < -0.3 is 9.47 Å². The van der Waals surface area contributed by atoms with Crippen molar-refractivity contribution in [3.05, 3.63) is 64.2 Å². The number of hydrogen-bond acceptors (Lipinski definition) is 2. The number of rotatable bonds is 9. The van der Waals surface area contributed by atoms with Crippen molar-refractivity contribution in [1.29, 1.82) is 0 Å². The minimum absolute atomic E-state index is 0.0734. The van der Waals surface area contributed by atoms with Crippen molar-refractivity contribution in [3.63, 3.8) is 0 Å². The lowest BCUT2D eigenvalue weighted by atomic mass is 10.1. The molecule has 0 spiro atoms. The lowest BCUT2D eigenvalue weighted by Crippen LogP contribution is -2.09. The van der Waals surface area contributed by atoms with Crippen molar-refractivity contribution in [2.45, 2.75) is 38.8 Å². The molecule has 0 aliphatic carbocycles. The first kappa shape index (κ1) is 22.4. The maximum Gasteiger partial charge on any atom is 0.420 e. The molecule has 28 heavy (non-hydrogen) atoms. The predicted molar refractivity (Wildman–Crippen MR) is 106 cm³/mol. The van der Waals surface area contributed by atoms with Crippen LogP contribution in [0.4, 0.5) is 13.2 Å². The molecule has 0 radical (unpaired) electrons. The quantitative estimate of drug-likeness (QED) is 0.374. The normalized spacial score (nSPS) is 11.2. The van der Waals surface area contributed by atoms with E-state index in [9.17, 15) is 13.2 Å². The monoisotopic (exact) mass is 432 g/mol. The van der Waals surface area contributed by atoms with Gasteiger partial charge in [0.05, 0.1) is 0 Å². The van der Waals surface area contributed by atoms with E-state index in [1.807, 2.05) is 12.1 Å². The first-order chi connectivity index (χ1) is 13.3. The number of alkyl halides is 3. The topological polar surface area (TPSA) is 18.5 Å². The van der Waals surface area contributed by atoms with Gasteiger partial charge in [0.15, 0.2) is 0 Å². The number of halogens is 5. The van der Waals surface area contributed by atoms with Crippen LogP contribution in [0.1, 0.15) is 37.3 Å². The summed E-state index contributed by atoms with van der Waals surface area (Å²) < 4.78 is 50.7. The smallest absolute Gasteiger partial charge is 0.420 e. The average Bonchev–Trinajstić information content (AvgIpc) is 2.63. The number of unbranched alkanes of at least 4 members (excludes halogenated alkanes) is 2. The highest BCUT2D eigenvalue weighted by atomic mass is 35.5. The molecule has 2 nitrogen and oxygen atoms in total. The van der Waals surface area contributed by atoms with E-state index in [2.05, 4.69) is 6.92 Å². The first-order valence-corrected chi connectivity index (χ1v) is 9.67. The predicted octanol–water partition coefficient (Wildman–Crippen LogP) is 7.93. The number of ether oxygens (including phenoxy) is 2. The molecule has 0 unspecified atom stereocenters. The van der Waals surface area contributed by atoms with Crippen LogP contribution in [-0.4, -0.2) is 6.61 Å². The van der Waals surface area contributed by atoms with Crippen molar-refractivity contribution < 1.29 is 22.6 Å². The van der Waals surface area contributed by atoms with Crippen LogP contribution in [0.15, 0.2) is 53.0 Å². The first-order valence-electron chi connectivity index (χ1n) is 8.91. The number of hydrogen-bond donors (Lipinski definition) is 0. The molecule has 0 saturated heterocycles. The lowest BCUT2D eigenvalue weighted by molar-refractivity contribution is -0.138. The molecule has 2 aromatic carbocycles. The molecule has 0 aliphatic heterocycles. The van der Waals surface area contributed by atoms with Crippen LogP contribution in [0, 0.1) is 0 Å². The largest absolute Gasteiger partial charge is 0.489 e. The van der Waals surface area contributed by atoms with Crippen molar-refractivity contribution in [3.8, 4) is 17.2 Å². The van der Waals surface area contributed by atoms with E-state index < -0.39 is 11.7 Å². The number of benzene rings is 2. The molecule has 7 heteroatoms. The lowest BCUT2D eigenvalue weighted by Gasteiger charge is -2.15. The Morgan fingerprint density at radius 2 is 1.68 bits per heavy atom. The Kier molecular flexibility index (Phi) is 8.52. The van der Waals surface area contributed by atoms with Crippen LogP contribution in [0.3, 0.4) is 0 Å². The van der Waals surface area contributed by atoms with Crippen LogP contribution < -0.4 is 9.47 Å². The molecule has 2 aromatic rings. The molecule has 0 amide bonds. The zero-order chi connectivity index (χ0) is 20.6. The van der Waals surface area contributed by atoms with Crippen molar-refractivity contribution in [2.75, 3.05) is 6.61 Å². The van der Waals surface area contributed by atoms with Gasteiger partial charge in [-0.3, -0.25) is 0 Å². The molecular formula is C21H21Cl2F3O2. The van der Waals surface area contributed by atoms with Gasteiger partial charge in [-0.15, -0.1) is 0 Å². The summed E-state index contributed by atoms with van der Waals surface area (Å²) in [6.45, 7) is 1.97. The van der Waals surface area contributed by atoms with Gasteiger partial charge in [0.2, 0.25) is 0 Å². The van der Waals surface area contributed by atoms with E-state index >= 15 is 0 Å². The van der Waals surface area contributed by atoms with Crippen LogP contribution in [0.5, 0.6) is 17.2 Å². The van der Waals surface area contributed by atoms with Gasteiger partial charge in [0.1, 0.15) is 33.9 Å². The zero-order valence-electron chi connectivity index (χ0n) is 15.4. The second kappa shape index (κ2) is 10.6. The van der Waals surface area contributed by atoms with Crippen molar-refractivity contribution in [2.24, 2.45) is 0 Å². The summed E-state index contributed by atoms with van der Waals surface area (Å²) >= 11 is 10.9. The second-order valence-corrected chi connectivity index (χ2v) is 7.17. The molecule has 0 fully saturated rings. The van der Waals surface area contributed by atoms with E-state index in [0.29, 0.717) is 5.75 Å². The van der Waals surface area contributed by atoms with Crippen LogP contribution in [0.25, 0.3) is 0 Å².